The third kappa shape index (κ3) is 0.966. The van der Waals surface area contributed by atoms with Crippen molar-refractivity contribution in [3.8, 4) is 0 Å². The molecule has 2 bridgehead atoms. The van der Waals surface area contributed by atoms with Crippen molar-refractivity contribution in [3.05, 3.63) is 0 Å². The Bertz CT molecular complexity index is 248. The van der Waals surface area contributed by atoms with E-state index < -0.39 is 0 Å². The Kier molecular flexibility index (Phi) is 1.36. The molecule has 4 fully saturated rings. The summed E-state index contributed by atoms with van der Waals surface area (Å²) in [6, 6.07) is 0.559. The lowest BCUT2D eigenvalue weighted by molar-refractivity contribution is -0.139. The molecule has 2 aliphatic carbocycles. The van der Waals surface area contributed by atoms with Gasteiger partial charge in [0.1, 0.15) is 0 Å². The zero-order valence-electron chi connectivity index (χ0n) is 8.05. The number of carbonyl (C=O) groups is 1. The average Bonchev–Trinajstić information content (AvgIpc) is 2.71. The molecule has 4 rings (SSSR count). The Labute approximate surface area is 78.5 Å². The number of hydrogen-bond donors (Lipinski definition) is 1. The van der Waals surface area contributed by atoms with Gasteiger partial charge in [-0.15, -0.1) is 0 Å². The summed E-state index contributed by atoms with van der Waals surface area (Å²) in [6.07, 6.45) is 4.59. The van der Waals surface area contributed by atoms with E-state index in [1.807, 2.05) is 11.9 Å². The molecule has 3 nitrogen and oxygen atoms in total. The van der Waals surface area contributed by atoms with Crippen LogP contribution in [0.5, 0.6) is 0 Å². The lowest BCUT2D eigenvalue weighted by Crippen LogP contribution is -2.56. The molecule has 1 amide bonds. The van der Waals surface area contributed by atoms with Crippen LogP contribution >= 0.6 is 0 Å². The van der Waals surface area contributed by atoms with Gasteiger partial charge in [0.05, 0.1) is 5.54 Å². The molecule has 0 spiro atoms. The zero-order chi connectivity index (χ0) is 9.05. The number of carbonyl (C=O) groups excluding carboxylic acids is 1. The average molecular weight is 180 g/mol. The summed E-state index contributed by atoms with van der Waals surface area (Å²) >= 11 is 0. The third-order valence-electron chi connectivity index (χ3n) is 3.83. The van der Waals surface area contributed by atoms with Crippen LogP contribution in [0.15, 0.2) is 0 Å². The lowest BCUT2D eigenvalue weighted by Gasteiger charge is -2.38. The van der Waals surface area contributed by atoms with Gasteiger partial charge in [-0.2, -0.15) is 0 Å². The molecule has 2 aliphatic heterocycles. The first kappa shape index (κ1) is 7.80. The second-order valence-corrected chi connectivity index (χ2v) is 4.88. The molecule has 0 aromatic carbocycles. The van der Waals surface area contributed by atoms with Gasteiger partial charge in [0, 0.05) is 13.1 Å². The SMILES string of the molecule is CN(C(=O)C12CC(CN1)C2)C1CC1. The van der Waals surface area contributed by atoms with Crippen LogP contribution in [0.2, 0.25) is 0 Å². The zero-order valence-corrected chi connectivity index (χ0v) is 8.05. The first-order valence-corrected chi connectivity index (χ1v) is 5.24. The molecule has 2 heterocycles. The molecular formula is C10H16N2O. The highest BCUT2D eigenvalue weighted by Gasteiger charge is 2.57. The number of rotatable bonds is 2. The van der Waals surface area contributed by atoms with Crippen molar-refractivity contribution in [1.82, 2.24) is 10.2 Å². The van der Waals surface area contributed by atoms with Crippen LogP contribution in [-0.2, 0) is 4.79 Å². The van der Waals surface area contributed by atoms with Crippen LogP contribution in [0.3, 0.4) is 0 Å². The number of hydrogen-bond acceptors (Lipinski definition) is 2. The Hall–Kier alpha value is -0.570. The fraction of sp³-hybridized carbons (Fsp3) is 0.900. The first-order chi connectivity index (χ1) is 6.21. The van der Waals surface area contributed by atoms with Crippen molar-refractivity contribution in [3.63, 3.8) is 0 Å². The molecule has 0 aromatic heterocycles. The van der Waals surface area contributed by atoms with Crippen LogP contribution < -0.4 is 5.32 Å². The molecule has 0 unspecified atom stereocenters. The second kappa shape index (κ2) is 2.27. The molecule has 0 aromatic rings. The van der Waals surface area contributed by atoms with Crippen LogP contribution in [0.25, 0.3) is 0 Å². The van der Waals surface area contributed by atoms with E-state index in [1.54, 1.807) is 0 Å². The molecule has 1 N–H and O–H groups in total. The van der Waals surface area contributed by atoms with Gasteiger partial charge in [-0.05, 0) is 38.1 Å². The van der Waals surface area contributed by atoms with Crippen molar-refractivity contribution in [2.75, 3.05) is 13.6 Å². The van der Waals surface area contributed by atoms with Gasteiger partial charge >= 0.3 is 0 Å². The van der Waals surface area contributed by atoms with Crippen LogP contribution in [0.1, 0.15) is 25.7 Å². The smallest absolute Gasteiger partial charge is 0.242 e. The number of nitrogens with zero attached hydrogens (tertiary/aromatic N) is 1. The largest absolute Gasteiger partial charge is 0.341 e. The standard InChI is InChI=1S/C10H16N2O/c1-12(8-2-3-8)9(13)10-4-7(5-10)6-11-10/h7-8,11H,2-6H2,1H3. The third-order valence-corrected chi connectivity index (χ3v) is 3.83. The summed E-state index contributed by atoms with van der Waals surface area (Å²) in [4.78, 5) is 14.0. The van der Waals surface area contributed by atoms with E-state index in [-0.39, 0.29) is 5.54 Å². The van der Waals surface area contributed by atoms with Gasteiger partial charge < -0.3 is 10.2 Å². The summed E-state index contributed by atoms with van der Waals surface area (Å²) in [5.74, 6) is 1.14. The summed E-state index contributed by atoms with van der Waals surface area (Å²) in [5, 5.41) is 3.38. The molecule has 0 radical (unpaired) electrons. The Balaban J connectivity index is 1.73. The summed E-state index contributed by atoms with van der Waals surface area (Å²) in [6.45, 7) is 1.06. The minimum Gasteiger partial charge on any atom is -0.341 e. The fourth-order valence-electron chi connectivity index (χ4n) is 2.77. The molecule has 72 valence electrons. The van der Waals surface area contributed by atoms with Gasteiger partial charge in [0.2, 0.25) is 5.91 Å². The monoisotopic (exact) mass is 180 g/mol. The molecule has 4 aliphatic rings. The second-order valence-electron chi connectivity index (χ2n) is 4.88. The quantitative estimate of drug-likeness (QED) is 0.665. The lowest BCUT2D eigenvalue weighted by atomic mass is 9.73. The van der Waals surface area contributed by atoms with Crippen LogP contribution in [-0.4, -0.2) is 36.0 Å². The van der Waals surface area contributed by atoms with Gasteiger partial charge in [-0.3, -0.25) is 4.79 Å². The van der Waals surface area contributed by atoms with Gasteiger partial charge in [-0.1, -0.05) is 0 Å². The van der Waals surface area contributed by atoms with Gasteiger partial charge in [0.15, 0.2) is 0 Å². The maximum atomic E-state index is 12.0. The first-order valence-electron chi connectivity index (χ1n) is 5.24. The normalized spacial score (nSPS) is 41.5. The minimum atomic E-state index is -0.123. The minimum absolute atomic E-state index is 0.123. The number of amides is 1. The fourth-order valence-corrected chi connectivity index (χ4v) is 2.77. The highest BCUT2D eigenvalue weighted by Crippen LogP contribution is 2.45. The highest BCUT2D eigenvalue weighted by molar-refractivity contribution is 5.88. The maximum Gasteiger partial charge on any atom is 0.242 e. The van der Waals surface area contributed by atoms with Crippen molar-refractivity contribution in [2.24, 2.45) is 5.92 Å². The molecular weight excluding hydrogens is 164 g/mol. The highest BCUT2D eigenvalue weighted by atomic mass is 16.2. The maximum absolute atomic E-state index is 12.0. The van der Waals surface area contributed by atoms with E-state index in [0.29, 0.717) is 11.9 Å². The summed E-state index contributed by atoms with van der Waals surface area (Å²) in [7, 11) is 1.96. The van der Waals surface area contributed by atoms with E-state index in [9.17, 15) is 4.79 Å². The topological polar surface area (TPSA) is 32.3 Å². The molecule has 13 heavy (non-hydrogen) atoms. The van der Waals surface area contributed by atoms with Crippen molar-refractivity contribution >= 4 is 5.91 Å². The van der Waals surface area contributed by atoms with Crippen molar-refractivity contribution in [2.45, 2.75) is 37.3 Å². The number of nitrogens with one attached hydrogen (secondary N) is 1. The molecule has 0 atom stereocenters. The molecule has 2 saturated carbocycles. The van der Waals surface area contributed by atoms with E-state index in [0.717, 1.165) is 25.3 Å². The Morgan fingerprint density at radius 3 is 2.62 bits per heavy atom. The number of likely N-dealkylation sites (N-methyl/N-ethyl adjacent to an activating group) is 1. The summed E-state index contributed by atoms with van der Waals surface area (Å²) in [5.41, 5.74) is -0.123. The van der Waals surface area contributed by atoms with Gasteiger partial charge in [-0.25, -0.2) is 0 Å². The predicted molar refractivity (Wildman–Crippen MR) is 49.2 cm³/mol. The Morgan fingerprint density at radius 2 is 2.15 bits per heavy atom. The van der Waals surface area contributed by atoms with E-state index in [2.05, 4.69) is 5.32 Å². The van der Waals surface area contributed by atoms with E-state index >= 15 is 0 Å². The predicted octanol–water partition coefficient (Wildman–Crippen LogP) is 0.359. The molecule has 2 saturated heterocycles. The van der Waals surface area contributed by atoms with Crippen molar-refractivity contribution < 1.29 is 4.79 Å². The van der Waals surface area contributed by atoms with E-state index in [1.165, 1.54) is 12.8 Å². The van der Waals surface area contributed by atoms with Crippen LogP contribution in [0, 0.1) is 5.92 Å². The Morgan fingerprint density at radius 1 is 1.46 bits per heavy atom. The number of fused-ring (bicyclic) bond motifs is 1. The van der Waals surface area contributed by atoms with E-state index in [4.69, 9.17) is 0 Å². The van der Waals surface area contributed by atoms with Crippen molar-refractivity contribution in [1.29, 1.82) is 0 Å². The molecule has 3 heteroatoms. The summed E-state index contributed by atoms with van der Waals surface area (Å²) < 4.78 is 0. The van der Waals surface area contributed by atoms with Gasteiger partial charge in [0.25, 0.3) is 0 Å². The van der Waals surface area contributed by atoms with Crippen LogP contribution in [0.4, 0.5) is 0 Å².